The summed E-state index contributed by atoms with van der Waals surface area (Å²) < 4.78 is 40.1. The second-order valence-corrected chi connectivity index (χ2v) is 6.95. The van der Waals surface area contributed by atoms with Gasteiger partial charge in [0.1, 0.15) is 0 Å². The minimum absolute atomic E-state index is 0.109. The Hall–Kier alpha value is -1.05. The summed E-state index contributed by atoms with van der Waals surface area (Å²) in [4.78, 5) is 1.78. The Labute approximate surface area is 133 Å². The van der Waals surface area contributed by atoms with Crippen LogP contribution in [0.15, 0.2) is 33.4 Å². The fourth-order valence-corrected chi connectivity index (χ4v) is 3.24. The van der Waals surface area contributed by atoms with E-state index in [1.165, 1.54) is 6.07 Å². The zero-order chi connectivity index (χ0) is 15.6. The van der Waals surface area contributed by atoms with Crippen LogP contribution in [0, 0.1) is 0 Å². The molecule has 0 aliphatic carbocycles. The van der Waals surface area contributed by atoms with Crippen molar-refractivity contribution < 1.29 is 13.2 Å². The third kappa shape index (κ3) is 3.99. The molecule has 2 aromatic rings. The first kappa shape index (κ1) is 16.3. The number of alkyl halides is 3. The summed E-state index contributed by atoms with van der Waals surface area (Å²) in [7, 11) is 1.77. The molecule has 0 bridgehead atoms. The van der Waals surface area contributed by atoms with Gasteiger partial charge in [-0.3, -0.25) is 0 Å². The van der Waals surface area contributed by atoms with Gasteiger partial charge in [0.05, 0.1) is 9.35 Å². The summed E-state index contributed by atoms with van der Waals surface area (Å²) in [5.41, 5.74) is 6.39. The lowest BCUT2D eigenvalue weighted by molar-refractivity contribution is -0.138. The highest BCUT2D eigenvalue weighted by molar-refractivity contribution is 9.11. The zero-order valence-corrected chi connectivity index (χ0v) is 13.6. The maximum atomic E-state index is 13.0. The first-order valence-corrected chi connectivity index (χ1v) is 7.82. The Balaban J connectivity index is 2.27. The number of halogens is 4. The Morgan fingerprint density at radius 1 is 1.29 bits per heavy atom. The van der Waals surface area contributed by atoms with Gasteiger partial charge < -0.3 is 10.6 Å². The van der Waals surface area contributed by atoms with Crippen LogP contribution in [-0.4, -0.2) is 7.05 Å². The Kier molecular flexibility index (Phi) is 4.95. The molecule has 2 N–H and O–H groups in total. The van der Waals surface area contributed by atoms with Crippen molar-refractivity contribution in [2.75, 3.05) is 11.9 Å². The molecule has 0 amide bonds. The molecule has 1 heterocycles. The molecule has 0 saturated carbocycles. The normalized spacial score (nSPS) is 11.7. The lowest BCUT2D eigenvalue weighted by Crippen LogP contribution is -2.18. The molecule has 114 valence electrons. The van der Waals surface area contributed by atoms with Crippen molar-refractivity contribution >= 4 is 33.0 Å². The highest BCUT2D eigenvalue weighted by Crippen LogP contribution is 2.34. The van der Waals surface area contributed by atoms with E-state index < -0.39 is 11.7 Å². The average Bonchev–Trinajstić information content (AvgIpc) is 2.82. The minimum atomic E-state index is -4.39. The molecule has 2 rings (SSSR count). The largest absolute Gasteiger partial charge is 0.416 e. The fourth-order valence-electron chi connectivity index (χ4n) is 2.04. The molecule has 0 unspecified atom stereocenters. The monoisotopic (exact) mass is 378 g/mol. The third-order valence-corrected chi connectivity index (χ3v) is 4.65. The third-order valence-electron chi connectivity index (χ3n) is 3.10. The number of thiophene rings is 1. The molecular formula is C14H14BrF3N2S. The van der Waals surface area contributed by atoms with Gasteiger partial charge in [-0.1, -0.05) is 6.07 Å². The Morgan fingerprint density at radius 3 is 2.52 bits per heavy atom. The van der Waals surface area contributed by atoms with Crippen LogP contribution in [0.25, 0.3) is 0 Å². The summed E-state index contributed by atoms with van der Waals surface area (Å²) >= 11 is 4.92. The van der Waals surface area contributed by atoms with Crippen LogP contribution >= 0.6 is 27.3 Å². The van der Waals surface area contributed by atoms with Crippen molar-refractivity contribution in [3.63, 3.8) is 0 Å². The SMILES string of the molecule is CN(Cc1csc(Br)c1)c1ccc(CN)c(C(F)(F)F)c1. The molecule has 0 atom stereocenters. The van der Waals surface area contributed by atoms with E-state index in [9.17, 15) is 13.2 Å². The van der Waals surface area contributed by atoms with Crippen LogP contribution in [0.5, 0.6) is 0 Å². The van der Waals surface area contributed by atoms with Gasteiger partial charge in [0.15, 0.2) is 0 Å². The van der Waals surface area contributed by atoms with Gasteiger partial charge in [0.25, 0.3) is 0 Å². The second kappa shape index (κ2) is 6.37. The van der Waals surface area contributed by atoms with Gasteiger partial charge in [-0.2, -0.15) is 13.2 Å². The lowest BCUT2D eigenvalue weighted by atomic mass is 10.1. The van der Waals surface area contributed by atoms with E-state index >= 15 is 0 Å². The molecule has 0 fully saturated rings. The predicted molar refractivity (Wildman–Crippen MR) is 83.5 cm³/mol. The fraction of sp³-hybridized carbons (Fsp3) is 0.286. The Bertz CT molecular complexity index is 625. The minimum Gasteiger partial charge on any atom is -0.370 e. The van der Waals surface area contributed by atoms with Crippen molar-refractivity contribution in [1.29, 1.82) is 0 Å². The van der Waals surface area contributed by atoms with E-state index in [2.05, 4.69) is 15.9 Å². The van der Waals surface area contributed by atoms with Crippen molar-refractivity contribution in [3.8, 4) is 0 Å². The molecule has 1 aromatic carbocycles. The molecule has 2 nitrogen and oxygen atoms in total. The molecule has 0 saturated heterocycles. The summed E-state index contributed by atoms with van der Waals surface area (Å²) in [6, 6.07) is 6.22. The van der Waals surface area contributed by atoms with E-state index in [-0.39, 0.29) is 12.1 Å². The van der Waals surface area contributed by atoms with Gasteiger partial charge in [-0.25, -0.2) is 0 Å². The molecule has 7 heteroatoms. The van der Waals surface area contributed by atoms with Gasteiger partial charge in [-0.05, 0) is 50.6 Å². The lowest BCUT2D eigenvalue weighted by Gasteiger charge is -2.21. The maximum Gasteiger partial charge on any atom is 0.416 e. The number of hydrogen-bond acceptors (Lipinski definition) is 3. The van der Waals surface area contributed by atoms with Crippen LogP contribution < -0.4 is 10.6 Å². The molecule has 0 aliphatic heterocycles. The van der Waals surface area contributed by atoms with Crippen LogP contribution in [0.2, 0.25) is 0 Å². The highest BCUT2D eigenvalue weighted by atomic mass is 79.9. The number of nitrogens with zero attached hydrogens (tertiary/aromatic N) is 1. The molecule has 0 spiro atoms. The quantitative estimate of drug-likeness (QED) is 0.840. The molecule has 21 heavy (non-hydrogen) atoms. The summed E-state index contributed by atoms with van der Waals surface area (Å²) in [5, 5.41) is 1.97. The Morgan fingerprint density at radius 2 is 2.00 bits per heavy atom. The molecule has 0 radical (unpaired) electrons. The van der Waals surface area contributed by atoms with Crippen LogP contribution in [0.3, 0.4) is 0 Å². The van der Waals surface area contributed by atoms with E-state index in [0.29, 0.717) is 12.2 Å². The van der Waals surface area contributed by atoms with Crippen LogP contribution in [0.1, 0.15) is 16.7 Å². The standard InChI is InChI=1S/C14H14BrF3N2S/c1-20(7-9-4-13(15)21-8-9)11-3-2-10(6-19)12(5-11)14(16,17)18/h2-5,8H,6-7,19H2,1H3. The maximum absolute atomic E-state index is 13.0. The summed E-state index contributed by atoms with van der Waals surface area (Å²) in [5.74, 6) is 0. The number of anilines is 1. The predicted octanol–water partition coefficient (Wildman–Crippen LogP) is 4.62. The molecular weight excluding hydrogens is 365 g/mol. The van der Waals surface area contributed by atoms with Gasteiger partial charge in [0, 0.05) is 25.8 Å². The smallest absolute Gasteiger partial charge is 0.370 e. The van der Waals surface area contributed by atoms with Crippen molar-refractivity contribution in [3.05, 3.63) is 50.1 Å². The topological polar surface area (TPSA) is 29.3 Å². The zero-order valence-electron chi connectivity index (χ0n) is 11.2. The van der Waals surface area contributed by atoms with Crippen LogP contribution in [0.4, 0.5) is 18.9 Å². The molecule has 1 aromatic heterocycles. The number of rotatable bonds is 4. The van der Waals surface area contributed by atoms with Gasteiger partial charge in [-0.15, -0.1) is 11.3 Å². The van der Waals surface area contributed by atoms with E-state index in [1.54, 1.807) is 29.4 Å². The molecule has 0 aliphatic rings. The van der Waals surface area contributed by atoms with Crippen LogP contribution in [-0.2, 0) is 19.3 Å². The van der Waals surface area contributed by atoms with Crippen molar-refractivity contribution in [1.82, 2.24) is 0 Å². The first-order valence-electron chi connectivity index (χ1n) is 6.15. The van der Waals surface area contributed by atoms with Crippen molar-refractivity contribution in [2.24, 2.45) is 5.73 Å². The highest BCUT2D eigenvalue weighted by Gasteiger charge is 2.33. The van der Waals surface area contributed by atoms with E-state index in [1.807, 2.05) is 11.4 Å². The first-order chi connectivity index (χ1) is 9.81. The van der Waals surface area contributed by atoms with Crippen molar-refractivity contribution in [2.45, 2.75) is 19.3 Å². The van der Waals surface area contributed by atoms with Gasteiger partial charge >= 0.3 is 6.18 Å². The average molecular weight is 379 g/mol. The van der Waals surface area contributed by atoms with E-state index in [0.717, 1.165) is 15.4 Å². The number of hydrogen-bond donors (Lipinski definition) is 1. The summed E-state index contributed by atoms with van der Waals surface area (Å²) in [6.45, 7) is 0.414. The second-order valence-electron chi connectivity index (χ2n) is 4.66. The summed E-state index contributed by atoms with van der Waals surface area (Å²) in [6.07, 6.45) is -4.39. The number of benzene rings is 1. The number of nitrogens with two attached hydrogens (primary N) is 1. The van der Waals surface area contributed by atoms with Gasteiger partial charge in [0.2, 0.25) is 0 Å². The van der Waals surface area contributed by atoms with E-state index in [4.69, 9.17) is 5.73 Å².